The molecule has 0 aliphatic rings. The molecule has 0 radical (unpaired) electrons. The lowest BCUT2D eigenvalue weighted by Gasteiger charge is -2.21. The van der Waals surface area contributed by atoms with E-state index < -0.39 is 11.4 Å². The van der Waals surface area contributed by atoms with Crippen molar-refractivity contribution in [1.29, 1.82) is 0 Å². The van der Waals surface area contributed by atoms with Gasteiger partial charge in [0.25, 0.3) is 0 Å². The quantitative estimate of drug-likeness (QED) is 0.708. The molecule has 0 aromatic heterocycles. The number of hydrogen-bond acceptors (Lipinski definition) is 2. The van der Waals surface area contributed by atoms with Crippen molar-refractivity contribution in [3.05, 3.63) is 35.4 Å². The zero-order valence-corrected chi connectivity index (χ0v) is 7.87. The van der Waals surface area contributed by atoms with Crippen molar-refractivity contribution in [3.63, 3.8) is 0 Å². The molecule has 0 atom stereocenters. The summed E-state index contributed by atoms with van der Waals surface area (Å²) < 4.78 is 0. The van der Waals surface area contributed by atoms with Gasteiger partial charge in [-0.1, -0.05) is 18.2 Å². The second-order valence-electron chi connectivity index (χ2n) is 3.63. The van der Waals surface area contributed by atoms with Crippen LogP contribution in [-0.4, -0.2) is 5.91 Å². The van der Waals surface area contributed by atoms with Crippen LogP contribution < -0.4 is 11.5 Å². The fourth-order valence-electron chi connectivity index (χ4n) is 1.26. The van der Waals surface area contributed by atoms with E-state index in [1.54, 1.807) is 12.1 Å². The number of benzene rings is 1. The third-order valence-electron chi connectivity index (χ3n) is 1.89. The lowest BCUT2D eigenvalue weighted by atomic mass is 9.91. The smallest absolute Gasteiger partial charge is 0.249 e. The number of primary amides is 1. The average Bonchev–Trinajstić information content (AvgIpc) is 2.03. The number of nitrogens with two attached hydrogens (primary N) is 2. The van der Waals surface area contributed by atoms with Gasteiger partial charge < -0.3 is 11.5 Å². The first-order valence-corrected chi connectivity index (χ1v) is 4.11. The van der Waals surface area contributed by atoms with Gasteiger partial charge in [-0.2, -0.15) is 0 Å². The van der Waals surface area contributed by atoms with Crippen LogP contribution in [0.2, 0.25) is 0 Å². The molecule has 0 bridgehead atoms. The molecule has 4 N–H and O–H groups in total. The zero-order valence-electron chi connectivity index (χ0n) is 7.87. The van der Waals surface area contributed by atoms with Crippen LogP contribution in [0.3, 0.4) is 0 Å². The summed E-state index contributed by atoms with van der Waals surface area (Å²) in [7, 11) is 0. The highest BCUT2D eigenvalue weighted by atomic mass is 16.1. The molecular formula is C10H14N2O. The Kier molecular flexibility index (Phi) is 2.38. The lowest BCUT2D eigenvalue weighted by molar-refractivity contribution is 0.0998. The summed E-state index contributed by atoms with van der Waals surface area (Å²) in [5.74, 6) is -0.436. The number of carbonyl (C=O) groups is 1. The monoisotopic (exact) mass is 178 g/mol. The fourth-order valence-corrected chi connectivity index (χ4v) is 1.26. The molecule has 0 saturated heterocycles. The Morgan fingerprint density at radius 3 is 2.23 bits per heavy atom. The maximum absolute atomic E-state index is 11.0. The number of rotatable bonds is 2. The fraction of sp³-hybridized carbons (Fsp3) is 0.300. The minimum atomic E-state index is -0.536. The highest BCUT2D eigenvalue weighted by Gasteiger charge is 2.19. The number of carbonyl (C=O) groups excluding carboxylic acids is 1. The first-order valence-electron chi connectivity index (χ1n) is 4.11. The van der Waals surface area contributed by atoms with Crippen LogP contribution in [0.25, 0.3) is 0 Å². The van der Waals surface area contributed by atoms with Gasteiger partial charge >= 0.3 is 0 Å². The van der Waals surface area contributed by atoms with E-state index >= 15 is 0 Å². The molecule has 70 valence electrons. The van der Waals surface area contributed by atoms with Crippen molar-refractivity contribution < 1.29 is 4.79 Å². The van der Waals surface area contributed by atoms with Crippen LogP contribution >= 0.6 is 0 Å². The normalized spacial score (nSPS) is 11.3. The molecule has 0 aliphatic carbocycles. The highest BCUT2D eigenvalue weighted by Crippen LogP contribution is 2.20. The Morgan fingerprint density at radius 2 is 1.85 bits per heavy atom. The molecule has 1 amide bonds. The van der Waals surface area contributed by atoms with Gasteiger partial charge in [0.15, 0.2) is 0 Å². The highest BCUT2D eigenvalue weighted by molar-refractivity contribution is 5.94. The molecule has 0 saturated carbocycles. The Balaban J connectivity index is 3.28. The van der Waals surface area contributed by atoms with Gasteiger partial charge in [-0.15, -0.1) is 0 Å². The van der Waals surface area contributed by atoms with Gasteiger partial charge in [-0.3, -0.25) is 4.79 Å². The molecular weight excluding hydrogens is 164 g/mol. The van der Waals surface area contributed by atoms with Crippen molar-refractivity contribution in [1.82, 2.24) is 0 Å². The van der Waals surface area contributed by atoms with E-state index in [2.05, 4.69) is 0 Å². The summed E-state index contributed by atoms with van der Waals surface area (Å²) in [6, 6.07) is 7.12. The zero-order chi connectivity index (χ0) is 10.1. The molecule has 3 heteroatoms. The second-order valence-corrected chi connectivity index (χ2v) is 3.63. The van der Waals surface area contributed by atoms with Crippen LogP contribution in [-0.2, 0) is 5.54 Å². The number of amides is 1. The maximum Gasteiger partial charge on any atom is 0.249 e. The molecule has 0 heterocycles. The molecule has 1 rings (SSSR count). The van der Waals surface area contributed by atoms with Crippen molar-refractivity contribution in [2.45, 2.75) is 19.4 Å². The van der Waals surface area contributed by atoms with Gasteiger partial charge in [0, 0.05) is 11.1 Å². The van der Waals surface area contributed by atoms with Gasteiger partial charge in [-0.25, -0.2) is 0 Å². The van der Waals surface area contributed by atoms with E-state index in [9.17, 15) is 4.79 Å². The third kappa shape index (κ3) is 2.06. The summed E-state index contributed by atoms with van der Waals surface area (Å²) in [6.45, 7) is 3.68. The Labute approximate surface area is 77.7 Å². The van der Waals surface area contributed by atoms with Crippen molar-refractivity contribution in [2.24, 2.45) is 11.5 Å². The predicted octanol–water partition coefficient (Wildman–Crippen LogP) is 0.979. The first kappa shape index (κ1) is 9.74. The molecule has 0 spiro atoms. The predicted molar refractivity (Wildman–Crippen MR) is 52.2 cm³/mol. The molecule has 0 aliphatic heterocycles. The van der Waals surface area contributed by atoms with E-state index in [1.165, 1.54) is 0 Å². The largest absolute Gasteiger partial charge is 0.366 e. The van der Waals surface area contributed by atoms with Gasteiger partial charge in [0.05, 0.1) is 0 Å². The minimum Gasteiger partial charge on any atom is -0.366 e. The molecule has 13 heavy (non-hydrogen) atoms. The van der Waals surface area contributed by atoms with Gasteiger partial charge in [0.1, 0.15) is 0 Å². The summed E-state index contributed by atoms with van der Waals surface area (Å²) in [5.41, 5.74) is 11.8. The topological polar surface area (TPSA) is 69.1 Å². The van der Waals surface area contributed by atoms with Crippen molar-refractivity contribution >= 4 is 5.91 Å². The lowest BCUT2D eigenvalue weighted by Crippen LogP contribution is -2.32. The minimum absolute atomic E-state index is 0.436. The van der Waals surface area contributed by atoms with Crippen molar-refractivity contribution in [3.8, 4) is 0 Å². The Morgan fingerprint density at radius 1 is 1.31 bits per heavy atom. The van der Waals surface area contributed by atoms with Gasteiger partial charge in [0.2, 0.25) is 5.91 Å². The van der Waals surface area contributed by atoms with Crippen molar-refractivity contribution in [2.75, 3.05) is 0 Å². The standard InChI is InChI=1S/C10H14N2O/c1-10(2,12)8-6-4-3-5-7(8)9(11)13/h3-6H,12H2,1-2H3,(H2,11,13). The molecule has 0 fully saturated rings. The van der Waals surface area contributed by atoms with Crippen LogP contribution in [0.15, 0.2) is 24.3 Å². The van der Waals surface area contributed by atoms with Crippen LogP contribution in [0.4, 0.5) is 0 Å². The average molecular weight is 178 g/mol. The van der Waals surface area contributed by atoms with Crippen LogP contribution in [0.1, 0.15) is 29.8 Å². The van der Waals surface area contributed by atoms with Gasteiger partial charge in [-0.05, 0) is 25.5 Å². The SMILES string of the molecule is CC(C)(N)c1ccccc1C(N)=O. The summed E-state index contributed by atoms with van der Waals surface area (Å²) in [5, 5.41) is 0. The third-order valence-corrected chi connectivity index (χ3v) is 1.89. The Hall–Kier alpha value is -1.35. The first-order chi connectivity index (χ1) is 5.93. The second kappa shape index (κ2) is 3.18. The summed E-state index contributed by atoms with van der Waals surface area (Å²) in [6.07, 6.45) is 0. The molecule has 1 aromatic rings. The summed E-state index contributed by atoms with van der Waals surface area (Å²) >= 11 is 0. The van der Waals surface area contributed by atoms with E-state index in [0.29, 0.717) is 5.56 Å². The molecule has 0 unspecified atom stereocenters. The van der Waals surface area contributed by atoms with Crippen LogP contribution in [0, 0.1) is 0 Å². The van der Waals surface area contributed by atoms with Crippen LogP contribution in [0.5, 0.6) is 0 Å². The Bertz CT molecular complexity index is 326. The molecule has 3 nitrogen and oxygen atoms in total. The van der Waals surface area contributed by atoms with E-state index in [0.717, 1.165) is 5.56 Å². The number of hydrogen-bond donors (Lipinski definition) is 2. The molecule has 1 aromatic carbocycles. The van der Waals surface area contributed by atoms with E-state index in [1.807, 2.05) is 26.0 Å². The maximum atomic E-state index is 11.0. The van der Waals surface area contributed by atoms with E-state index in [-0.39, 0.29) is 0 Å². The summed E-state index contributed by atoms with van der Waals surface area (Å²) in [4.78, 5) is 11.0. The van der Waals surface area contributed by atoms with E-state index in [4.69, 9.17) is 11.5 Å².